The molecule has 90 valence electrons. The first kappa shape index (κ1) is 11.8. The smallest absolute Gasteiger partial charge is 0.272 e. The third-order valence-corrected chi connectivity index (χ3v) is 3.24. The fourth-order valence-electron chi connectivity index (χ4n) is 2.14. The molecule has 1 fully saturated rings. The van der Waals surface area contributed by atoms with E-state index in [1.807, 2.05) is 6.07 Å². The average molecular weight is 232 g/mol. The number of carbonyl (C=O) groups is 2. The predicted octanol–water partition coefficient (Wildman–Crippen LogP) is 1.52. The Kier molecular flexibility index (Phi) is 3.52. The van der Waals surface area contributed by atoms with Gasteiger partial charge >= 0.3 is 0 Å². The van der Waals surface area contributed by atoms with E-state index in [2.05, 4.69) is 4.98 Å². The van der Waals surface area contributed by atoms with Crippen LogP contribution in [0.4, 0.5) is 0 Å². The Morgan fingerprint density at radius 2 is 2.00 bits per heavy atom. The molecule has 0 spiro atoms. The quantitative estimate of drug-likeness (QED) is 0.776. The van der Waals surface area contributed by atoms with E-state index in [-0.39, 0.29) is 17.6 Å². The van der Waals surface area contributed by atoms with E-state index < -0.39 is 0 Å². The molecule has 0 bridgehead atoms. The summed E-state index contributed by atoms with van der Waals surface area (Å²) in [6.07, 6.45) is 3.16. The Labute approximate surface area is 101 Å². The number of aromatic nitrogens is 1. The van der Waals surface area contributed by atoms with Crippen LogP contribution in [0.25, 0.3) is 0 Å². The Morgan fingerprint density at radius 1 is 1.29 bits per heavy atom. The molecule has 17 heavy (non-hydrogen) atoms. The summed E-state index contributed by atoms with van der Waals surface area (Å²) in [6, 6.07) is 5.32. The van der Waals surface area contributed by atoms with E-state index >= 15 is 0 Å². The largest absolute Gasteiger partial charge is 0.337 e. The molecular formula is C13H16N2O2. The molecule has 4 heteroatoms. The minimum Gasteiger partial charge on any atom is -0.337 e. The highest BCUT2D eigenvalue weighted by Gasteiger charge is 2.26. The summed E-state index contributed by atoms with van der Waals surface area (Å²) in [5.74, 6) is 0.324. The summed E-state index contributed by atoms with van der Waals surface area (Å²) in [5.41, 5.74) is 0.480. The summed E-state index contributed by atoms with van der Waals surface area (Å²) < 4.78 is 0. The maximum Gasteiger partial charge on any atom is 0.272 e. The normalized spacial score (nSPS) is 16.9. The molecular weight excluding hydrogens is 216 g/mol. The number of piperidine rings is 1. The molecule has 1 aromatic heterocycles. The highest BCUT2D eigenvalue weighted by molar-refractivity contribution is 5.92. The molecule has 0 aliphatic carbocycles. The van der Waals surface area contributed by atoms with Crippen molar-refractivity contribution in [3.63, 3.8) is 0 Å². The topological polar surface area (TPSA) is 50.3 Å². The van der Waals surface area contributed by atoms with Crippen LogP contribution in [0.15, 0.2) is 24.4 Å². The van der Waals surface area contributed by atoms with Crippen molar-refractivity contribution in [1.29, 1.82) is 0 Å². The molecule has 1 amide bonds. The lowest BCUT2D eigenvalue weighted by atomic mass is 9.93. The minimum atomic E-state index is -0.0346. The zero-order valence-corrected chi connectivity index (χ0v) is 9.93. The van der Waals surface area contributed by atoms with Crippen molar-refractivity contribution < 1.29 is 9.59 Å². The fraction of sp³-hybridized carbons (Fsp3) is 0.462. The fourth-order valence-corrected chi connectivity index (χ4v) is 2.14. The highest BCUT2D eigenvalue weighted by Crippen LogP contribution is 2.19. The molecule has 4 nitrogen and oxygen atoms in total. The second-order valence-corrected chi connectivity index (χ2v) is 4.39. The second-order valence-electron chi connectivity index (χ2n) is 4.39. The zero-order chi connectivity index (χ0) is 12.3. The van der Waals surface area contributed by atoms with Crippen LogP contribution in [0.1, 0.15) is 30.3 Å². The molecule has 2 rings (SSSR count). The first-order valence-corrected chi connectivity index (χ1v) is 5.89. The third kappa shape index (κ3) is 2.70. The first-order valence-electron chi connectivity index (χ1n) is 5.89. The number of amides is 1. The molecule has 2 heterocycles. The maximum atomic E-state index is 12.1. The van der Waals surface area contributed by atoms with Crippen LogP contribution in [0.2, 0.25) is 0 Å². The van der Waals surface area contributed by atoms with Gasteiger partial charge in [-0.2, -0.15) is 0 Å². The lowest BCUT2D eigenvalue weighted by Gasteiger charge is -2.30. The van der Waals surface area contributed by atoms with Crippen molar-refractivity contribution in [3.05, 3.63) is 30.1 Å². The molecule has 1 aromatic rings. The van der Waals surface area contributed by atoms with E-state index in [0.29, 0.717) is 18.8 Å². The van der Waals surface area contributed by atoms with Crippen molar-refractivity contribution in [1.82, 2.24) is 9.88 Å². The van der Waals surface area contributed by atoms with Crippen molar-refractivity contribution in [2.75, 3.05) is 13.1 Å². The average Bonchev–Trinajstić information content (AvgIpc) is 2.39. The van der Waals surface area contributed by atoms with Gasteiger partial charge in [0.2, 0.25) is 0 Å². The first-order chi connectivity index (χ1) is 8.18. The van der Waals surface area contributed by atoms with Crippen LogP contribution < -0.4 is 0 Å². The second kappa shape index (κ2) is 5.08. The van der Waals surface area contributed by atoms with Gasteiger partial charge in [0.1, 0.15) is 11.5 Å². The van der Waals surface area contributed by atoms with Gasteiger partial charge in [0, 0.05) is 25.2 Å². The minimum absolute atomic E-state index is 0.0346. The Morgan fingerprint density at radius 3 is 2.53 bits per heavy atom. The number of likely N-dealkylation sites (tertiary alicyclic amines) is 1. The molecule has 1 aliphatic heterocycles. The lowest BCUT2D eigenvalue weighted by molar-refractivity contribution is -0.121. The van der Waals surface area contributed by atoms with E-state index in [0.717, 1.165) is 12.8 Å². The van der Waals surface area contributed by atoms with Crippen LogP contribution in [0.3, 0.4) is 0 Å². The zero-order valence-electron chi connectivity index (χ0n) is 9.93. The lowest BCUT2D eigenvalue weighted by Crippen LogP contribution is -2.40. The standard InChI is InChI=1S/C13H16N2O2/c1-10(16)11-5-8-15(9-6-11)13(17)12-4-2-3-7-14-12/h2-4,7,11H,5-6,8-9H2,1H3. The number of hydrogen-bond donors (Lipinski definition) is 0. The number of pyridine rings is 1. The van der Waals surface area contributed by atoms with Crippen LogP contribution in [-0.4, -0.2) is 34.7 Å². The van der Waals surface area contributed by atoms with E-state index in [1.54, 1.807) is 30.2 Å². The van der Waals surface area contributed by atoms with E-state index in [4.69, 9.17) is 0 Å². The summed E-state index contributed by atoms with van der Waals surface area (Å²) in [7, 11) is 0. The summed E-state index contributed by atoms with van der Waals surface area (Å²) in [5, 5.41) is 0. The van der Waals surface area contributed by atoms with Crippen LogP contribution in [0, 0.1) is 5.92 Å². The van der Waals surface area contributed by atoms with Crippen LogP contribution in [-0.2, 0) is 4.79 Å². The van der Waals surface area contributed by atoms with Crippen LogP contribution in [0.5, 0.6) is 0 Å². The summed E-state index contributed by atoms with van der Waals surface area (Å²) in [6.45, 7) is 2.93. The van der Waals surface area contributed by atoms with Gasteiger partial charge in [0.05, 0.1) is 0 Å². The predicted molar refractivity (Wildman–Crippen MR) is 63.5 cm³/mol. The molecule has 0 aromatic carbocycles. The van der Waals surface area contributed by atoms with Gasteiger partial charge in [-0.15, -0.1) is 0 Å². The van der Waals surface area contributed by atoms with Gasteiger partial charge in [-0.25, -0.2) is 0 Å². The SMILES string of the molecule is CC(=O)C1CCN(C(=O)c2ccccn2)CC1. The maximum absolute atomic E-state index is 12.1. The van der Waals surface area contributed by atoms with Gasteiger partial charge in [-0.3, -0.25) is 14.6 Å². The number of hydrogen-bond acceptors (Lipinski definition) is 3. The van der Waals surface area contributed by atoms with E-state index in [9.17, 15) is 9.59 Å². The highest BCUT2D eigenvalue weighted by atomic mass is 16.2. The number of ketones is 1. The Bertz CT molecular complexity index is 409. The molecule has 0 radical (unpaired) electrons. The summed E-state index contributed by atoms with van der Waals surface area (Å²) in [4.78, 5) is 29.1. The Balaban J connectivity index is 1.98. The monoisotopic (exact) mass is 232 g/mol. The van der Waals surface area contributed by atoms with Crippen molar-refractivity contribution in [2.45, 2.75) is 19.8 Å². The molecule has 0 N–H and O–H groups in total. The van der Waals surface area contributed by atoms with Gasteiger partial charge < -0.3 is 4.90 Å². The number of carbonyl (C=O) groups excluding carboxylic acids is 2. The number of rotatable bonds is 2. The molecule has 0 atom stereocenters. The van der Waals surface area contributed by atoms with E-state index in [1.165, 1.54) is 0 Å². The molecule has 1 saturated heterocycles. The van der Waals surface area contributed by atoms with Gasteiger partial charge in [-0.05, 0) is 31.9 Å². The van der Waals surface area contributed by atoms with Gasteiger partial charge in [0.15, 0.2) is 0 Å². The van der Waals surface area contributed by atoms with Gasteiger partial charge in [-0.1, -0.05) is 6.07 Å². The van der Waals surface area contributed by atoms with Crippen molar-refractivity contribution in [2.24, 2.45) is 5.92 Å². The third-order valence-electron chi connectivity index (χ3n) is 3.24. The molecule has 0 unspecified atom stereocenters. The molecule has 0 saturated carbocycles. The summed E-state index contributed by atoms with van der Waals surface area (Å²) >= 11 is 0. The van der Waals surface area contributed by atoms with Crippen LogP contribution >= 0.6 is 0 Å². The molecule has 1 aliphatic rings. The van der Waals surface area contributed by atoms with Crippen molar-refractivity contribution >= 4 is 11.7 Å². The van der Waals surface area contributed by atoms with Gasteiger partial charge in [0.25, 0.3) is 5.91 Å². The number of nitrogens with zero attached hydrogens (tertiary/aromatic N) is 2. The Hall–Kier alpha value is -1.71. The van der Waals surface area contributed by atoms with Crippen molar-refractivity contribution in [3.8, 4) is 0 Å². The number of Topliss-reactive ketones (excluding diaryl/α,β-unsaturated/α-hetero) is 1.